The minimum absolute atomic E-state index is 0.0194. The first kappa shape index (κ1) is 24.1. The summed E-state index contributed by atoms with van der Waals surface area (Å²) in [4.78, 5) is 27.0. The summed E-state index contributed by atoms with van der Waals surface area (Å²) in [5, 5.41) is 4.06. The molecule has 1 aliphatic heterocycles. The maximum Gasteiger partial charge on any atom is 0.337 e. The molecule has 5 nitrogen and oxygen atoms in total. The first-order valence-corrected chi connectivity index (χ1v) is 12.0. The molecule has 0 saturated heterocycles. The van der Waals surface area contributed by atoms with Crippen LogP contribution in [-0.4, -0.2) is 25.0 Å². The molecule has 1 N–H and O–H groups in total. The van der Waals surface area contributed by atoms with E-state index in [1.54, 1.807) is 7.11 Å². The van der Waals surface area contributed by atoms with Crippen LogP contribution < -0.4 is 10.1 Å². The van der Waals surface area contributed by atoms with Crippen molar-refractivity contribution < 1.29 is 19.1 Å². The number of halogens is 1. The van der Waals surface area contributed by atoms with E-state index in [2.05, 4.69) is 5.32 Å². The molecule has 4 rings (SSSR count). The highest BCUT2D eigenvalue weighted by atomic mass is 35.5. The number of hydrogen-bond acceptors (Lipinski definition) is 5. The van der Waals surface area contributed by atoms with Gasteiger partial charge in [0.05, 0.1) is 24.7 Å². The molecule has 0 fully saturated rings. The summed E-state index contributed by atoms with van der Waals surface area (Å²) in [5.74, 6) is -0.269. The number of carbonyl (C=O) groups is 2. The molecule has 0 bridgehead atoms. The van der Waals surface area contributed by atoms with Gasteiger partial charge in [0.25, 0.3) is 0 Å². The zero-order valence-electron chi connectivity index (χ0n) is 20.0. The Morgan fingerprint density at radius 2 is 1.85 bits per heavy atom. The smallest absolute Gasteiger partial charge is 0.337 e. The van der Waals surface area contributed by atoms with E-state index in [-0.39, 0.29) is 17.8 Å². The lowest BCUT2D eigenvalue weighted by Crippen LogP contribution is -2.36. The summed E-state index contributed by atoms with van der Waals surface area (Å²) >= 11 is 6.07. The number of esters is 1. The number of dihydropyridines is 1. The second-order valence-electron chi connectivity index (χ2n) is 8.93. The van der Waals surface area contributed by atoms with Crippen LogP contribution in [0.25, 0.3) is 0 Å². The monoisotopic (exact) mass is 479 g/mol. The normalized spacial score (nSPS) is 21.0. The Kier molecular flexibility index (Phi) is 7.13. The Hall–Kier alpha value is -3.05. The molecule has 34 heavy (non-hydrogen) atoms. The maximum absolute atomic E-state index is 13.7. The van der Waals surface area contributed by atoms with E-state index in [9.17, 15) is 9.59 Å². The van der Waals surface area contributed by atoms with Crippen molar-refractivity contribution in [3.63, 3.8) is 0 Å². The molecule has 1 aliphatic carbocycles. The topological polar surface area (TPSA) is 64.6 Å². The molecule has 0 radical (unpaired) electrons. The highest BCUT2D eigenvalue weighted by molar-refractivity contribution is 6.30. The van der Waals surface area contributed by atoms with Gasteiger partial charge in [0.15, 0.2) is 5.78 Å². The van der Waals surface area contributed by atoms with E-state index in [0.29, 0.717) is 46.9 Å². The minimum Gasteiger partial charge on any atom is -0.496 e. The molecule has 0 amide bonds. The lowest BCUT2D eigenvalue weighted by molar-refractivity contribution is -0.144. The van der Waals surface area contributed by atoms with E-state index in [1.165, 1.54) is 0 Å². The zero-order chi connectivity index (χ0) is 24.4. The highest BCUT2D eigenvalue weighted by Crippen LogP contribution is 2.47. The quantitative estimate of drug-likeness (QED) is 0.511. The summed E-state index contributed by atoms with van der Waals surface area (Å²) in [7, 11) is 1.60. The third-order valence-corrected chi connectivity index (χ3v) is 6.97. The molecule has 0 spiro atoms. The van der Waals surface area contributed by atoms with Crippen molar-refractivity contribution in [1.29, 1.82) is 0 Å². The number of benzene rings is 2. The molecule has 3 atom stereocenters. The van der Waals surface area contributed by atoms with Gasteiger partial charge in [-0.25, -0.2) is 4.79 Å². The standard InChI is InChI=1S/C28H30ClNO4/c1-5-16(2)34-28(32)25-17(3)30-22-14-19(18-10-12-20(29)13-11-18)15-23(31)27(22)26(25)21-8-6-7-9-24(21)33-4/h6-13,16,19,26,30H,5,14-15H2,1-4H3/t16-,19+,26-/m1/s1. The average Bonchev–Trinajstić information content (AvgIpc) is 2.83. The molecule has 1 heterocycles. The molecule has 0 unspecified atom stereocenters. The second kappa shape index (κ2) is 10.1. The number of Topliss-reactive ketones (excluding diaryl/α,β-unsaturated/α-hetero) is 1. The fraction of sp³-hybridized carbons (Fsp3) is 0.357. The van der Waals surface area contributed by atoms with Gasteiger partial charge in [-0.2, -0.15) is 0 Å². The van der Waals surface area contributed by atoms with Crippen molar-refractivity contribution in [3.05, 3.63) is 87.2 Å². The van der Waals surface area contributed by atoms with Gasteiger partial charge in [-0.15, -0.1) is 0 Å². The predicted molar refractivity (Wildman–Crippen MR) is 133 cm³/mol. The number of methoxy groups -OCH3 is 1. The van der Waals surface area contributed by atoms with Crippen LogP contribution in [-0.2, 0) is 14.3 Å². The van der Waals surface area contributed by atoms with Gasteiger partial charge in [-0.3, -0.25) is 4.79 Å². The molecule has 2 aromatic rings. The number of allylic oxidation sites excluding steroid dienone is 3. The Bertz CT molecular complexity index is 1170. The zero-order valence-corrected chi connectivity index (χ0v) is 20.7. The van der Waals surface area contributed by atoms with Crippen LogP contribution in [0.5, 0.6) is 5.75 Å². The van der Waals surface area contributed by atoms with Gasteiger partial charge < -0.3 is 14.8 Å². The summed E-state index contributed by atoms with van der Waals surface area (Å²) in [6.45, 7) is 5.71. The molecule has 0 saturated carbocycles. The van der Waals surface area contributed by atoms with Crippen LogP contribution in [0.3, 0.4) is 0 Å². The Labute approximate surface area is 205 Å². The van der Waals surface area contributed by atoms with Crippen LogP contribution in [0.15, 0.2) is 71.1 Å². The van der Waals surface area contributed by atoms with Crippen LogP contribution in [0.2, 0.25) is 5.02 Å². The number of nitrogens with one attached hydrogen (secondary N) is 1. The van der Waals surface area contributed by atoms with Crippen LogP contribution in [0.4, 0.5) is 0 Å². The third-order valence-electron chi connectivity index (χ3n) is 6.72. The first-order valence-electron chi connectivity index (χ1n) is 11.7. The third kappa shape index (κ3) is 4.62. The number of ether oxygens (including phenoxy) is 2. The molecule has 6 heteroatoms. The molecule has 2 aromatic carbocycles. The van der Waals surface area contributed by atoms with Crippen LogP contribution in [0.1, 0.15) is 63.0 Å². The van der Waals surface area contributed by atoms with Crippen molar-refractivity contribution in [1.82, 2.24) is 5.32 Å². The molecule has 0 aromatic heterocycles. The van der Waals surface area contributed by atoms with Gasteiger partial charge in [-0.1, -0.05) is 48.9 Å². The second-order valence-corrected chi connectivity index (χ2v) is 9.37. The van der Waals surface area contributed by atoms with Gasteiger partial charge in [0.1, 0.15) is 5.75 Å². The van der Waals surface area contributed by atoms with Crippen LogP contribution >= 0.6 is 11.6 Å². The Morgan fingerprint density at radius 1 is 1.15 bits per heavy atom. The maximum atomic E-state index is 13.7. The summed E-state index contributed by atoms with van der Waals surface area (Å²) < 4.78 is 11.4. The van der Waals surface area contributed by atoms with E-state index in [0.717, 1.165) is 16.8 Å². The molecular weight excluding hydrogens is 450 g/mol. The van der Waals surface area contributed by atoms with Crippen molar-refractivity contribution in [2.45, 2.75) is 58.0 Å². The summed E-state index contributed by atoms with van der Waals surface area (Å²) in [6, 6.07) is 15.2. The van der Waals surface area contributed by atoms with E-state index >= 15 is 0 Å². The van der Waals surface area contributed by atoms with Crippen LogP contribution in [0, 0.1) is 0 Å². The SMILES string of the molecule is CC[C@@H](C)OC(=O)C1=C(C)NC2=C(C(=O)C[C@@H](c3ccc(Cl)cc3)C2)[C@@H]1c1ccccc1OC. The number of rotatable bonds is 6. The Balaban J connectivity index is 1.81. The van der Waals surface area contributed by atoms with Crippen molar-refractivity contribution in [2.75, 3.05) is 7.11 Å². The van der Waals surface area contributed by atoms with E-state index < -0.39 is 11.9 Å². The molecular formula is C28H30ClNO4. The van der Waals surface area contributed by atoms with E-state index in [4.69, 9.17) is 21.1 Å². The molecule has 2 aliphatic rings. The van der Waals surface area contributed by atoms with Crippen molar-refractivity contribution in [3.8, 4) is 5.75 Å². The van der Waals surface area contributed by atoms with Gasteiger partial charge >= 0.3 is 5.97 Å². The fourth-order valence-electron chi connectivity index (χ4n) is 4.83. The minimum atomic E-state index is -0.553. The molecule has 178 valence electrons. The largest absolute Gasteiger partial charge is 0.496 e. The summed E-state index contributed by atoms with van der Waals surface area (Å²) in [5.41, 5.74) is 4.49. The average molecular weight is 480 g/mol. The van der Waals surface area contributed by atoms with Crippen molar-refractivity contribution >= 4 is 23.4 Å². The van der Waals surface area contributed by atoms with Gasteiger partial charge in [0, 0.05) is 34.0 Å². The Morgan fingerprint density at radius 3 is 2.53 bits per heavy atom. The lowest BCUT2D eigenvalue weighted by atomic mass is 9.71. The summed E-state index contributed by atoms with van der Waals surface area (Å²) in [6.07, 6.45) is 1.51. The predicted octanol–water partition coefficient (Wildman–Crippen LogP) is 6.05. The number of carbonyl (C=O) groups excluding carboxylic acids is 2. The van der Waals surface area contributed by atoms with Crippen molar-refractivity contribution in [2.24, 2.45) is 0 Å². The number of ketones is 1. The first-order chi connectivity index (χ1) is 16.3. The van der Waals surface area contributed by atoms with Gasteiger partial charge in [0.2, 0.25) is 0 Å². The highest BCUT2D eigenvalue weighted by Gasteiger charge is 2.42. The lowest BCUT2D eigenvalue weighted by Gasteiger charge is -2.37. The number of hydrogen-bond donors (Lipinski definition) is 1. The van der Waals surface area contributed by atoms with Gasteiger partial charge in [-0.05, 0) is 56.4 Å². The number of para-hydroxylation sites is 1. The fourth-order valence-corrected chi connectivity index (χ4v) is 4.95. The van der Waals surface area contributed by atoms with E-state index in [1.807, 2.05) is 69.3 Å².